The van der Waals surface area contributed by atoms with Gasteiger partial charge in [-0.2, -0.15) is 0 Å². The van der Waals surface area contributed by atoms with Crippen molar-refractivity contribution in [3.63, 3.8) is 0 Å². The standard InChI is InChI=1S/C12H13NO3/c14-13(15)11-5-10-4-8-2-1-3-9(8)6-12(10)16-7-11/h4,6,11H,1-3,5,7H2. The van der Waals surface area contributed by atoms with Gasteiger partial charge in [0.05, 0.1) is 0 Å². The van der Waals surface area contributed by atoms with Gasteiger partial charge in [0.25, 0.3) is 6.04 Å². The SMILES string of the molecule is O=[N+]([O-])C1COc2cc3c(cc2C1)CCC3. The predicted octanol–water partition coefficient (Wildman–Crippen LogP) is 1.76. The quantitative estimate of drug-likeness (QED) is 0.534. The first-order valence-electron chi connectivity index (χ1n) is 5.65. The number of nitro groups is 1. The molecule has 16 heavy (non-hydrogen) atoms. The Labute approximate surface area is 93.4 Å². The second kappa shape index (κ2) is 3.47. The number of benzene rings is 1. The number of hydrogen-bond acceptors (Lipinski definition) is 3. The highest BCUT2D eigenvalue weighted by Crippen LogP contribution is 2.33. The van der Waals surface area contributed by atoms with E-state index in [4.69, 9.17) is 4.74 Å². The zero-order valence-corrected chi connectivity index (χ0v) is 8.94. The van der Waals surface area contributed by atoms with Crippen LogP contribution in [0.1, 0.15) is 23.1 Å². The van der Waals surface area contributed by atoms with Crippen LogP contribution in [-0.2, 0) is 19.3 Å². The third kappa shape index (κ3) is 1.45. The van der Waals surface area contributed by atoms with Gasteiger partial charge in [-0.3, -0.25) is 10.1 Å². The molecule has 0 radical (unpaired) electrons. The smallest absolute Gasteiger partial charge is 0.250 e. The molecule has 1 aromatic carbocycles. The minimum Gasteiger partial charge on any atom is -0.486 e. The Morgan fingerprint density at radius 3 is 2.75 bits per heavy atom. The minimum atomic E-state index is -0.577. The highest BCUT2D eigenvalue weighted by Gasteiger charge is 2.29. The van der Waals surface area contributed by atoms with E-state index in [1.165, 1.54) is 17.5 Å². The summed E-state index contributed by atoms with van der Waals surface area (Å²) in [5.74, 6) is 0.860. The van der Waals surface area contributed by atoms with Gasteiger partial charge in [-0.1, -0.05) is 6.07 Å². The third-order valence-electron chi connectivity index (χ3n) is 3.46. The van der Waals surface area contributed by atoms with Gasteiger partial charge in [0.2, 0.25) is 0 Å². The fraction of sp³-hybridized carbons (Fsp3) is 0.500. The van der Waals surface area contributed by atoms with Crippen LogP contribution < -0.4 is 4.74 Å². The van der Waals surface area contributed by atoms with E-state index >= 15 is 0 Å². The molecule has 4 heteroatoms. The molecule has 4 nitrogen and oxygen atoms in total. The van der Waals surface area contributed by atoms with Crippen LogP contribution in [0.15, 0.2) is 12.1 Å². The van der Waals surface area contributed by atoms with Crippen LogP contribution in [0.4, 0.5) is 0 Å². The minimum absolute atomic E-state index is 0.207. The van der Waals surface area contributed by atoms with Gasteiger partial charge in [0.1, 0.15) is 5.75 Å². The molecule has 0 bridgehead atoms. The molecule has 0 fully saturated rings. The Bertz CT molecular complexity index is 456. The van der Waals surface area contributed by atoms with Crippen LogP contribution in [-0.4, -0.2) is 17.6 Å². The first kappa shape index (κ1) is 9.63. The van der Waals surface area contributed by atoms with E-state index in [0.717, 1.165) is 24.2 Å². The summed E-state index contributed by atoms with van der Waals surface area (Å²) in [6, 6.07) is 3.60. The van der Waals surface area contributed by atoms with Crippen molar-refractivity contribution in [2.24, 2.45) is 0 Å². The number of ether oxygens (including phenoxy) is 1. The maximum absolute atomic E-state index is 10.7. The van der Waals surface area contributed by atoms with Crippen molar-refractivity contribution < 1.29 is 9.66 Å². The van der Waals surface area contributed by atoms with Gasteiger partial charge in [0, 0.05) is 16.9 Å². The molecule has 0 saturated carbocycles. The fourth-order valence-corrected chi connectivity index (χ4v) is 2.58. The summed E-state index contributed by atoms with van der Waals surface area (Å²) in [5, 5.41) is 10.7. The van der Waals surface area contributed by atoms with Crippen LogP contribution in [0, 0.1) is 10.1 Å². The van der Waals surface area contributed by atoms with Crippen molar-refractivity contribution in [3.05, 3.63) is 38.9 Å². The molecule has 1 aliphatic carbocycles. The fourth-order valence-electron chi connectivity index (χ4n) is 2.58. The highest BCUT2D eigenvalue weighted by molar-refractivity contribution is 5.45. The van der Waals surface area contributed by atoms with Crippen LogP contribution in [0.2, 0.25) is 0 Å². The second-order valence-corrected chi connectivity index (χ2v) is 4.54. The lowest BCUT2D eigenvalue weighted by atomic mass is 9.98. The summed E-state index contributed by atoms with van der Waals surface area (Å²) in [4.78, 5) is 10.5. The molecule has 84 valence electrons. The van der Waals surface area contributed by atoms with Gasteiger partial charge in [-0.15, -0.1) is 0 Å². The summed E-state index contributed by atoms with van der Waals surface area (Å²) in [6.45, 7) is 0.207. The van der Waals surface area contributed by atoms with E-state index in [0.29, 0.717) is 6.42 Å². The van der Waals surface area contributed by atoms with Crippen molar-refractivity contribution >= 4 is 0 Å². The average Bonchev–Trinajstić information content (AvgIpc) is 2.71. The summed E-state index contributed by atoms with van der Waals surface area (Å²) in [6.07, 6.45) is 3.92. The number of nitrogens with zero attached hydrogens (tertiary/aromatic N) is 1. The largest absolute Gasteiger partial charge is 0.486 e. The highest BCUT2D eigenvalue weighted by atomic mass is 16.6. The molecule has 0 aromatic heterocycles. The lowest BCUT2D eigenvalue weighted by Gasteiger charge is -2.21. The van der Waals surface area contributed by atoms with Gasteiger partial charge in [-0.25, -0.2) is 0 Å². The van der Waals surface area contributed by atoms with Crippen molar-refractivity contribution in [2.75, 3.05) is 6.61 Å². The Hall–Kier alpha value is -1.58. The van der Waals surface area contributed by atoms with E-state index in [1.54, 1.807) is 0 Å². The van der Waals surface area contributed by atoms with Gasteiger partial charge in [-0.05, 0) is 36.5 Å². The molecular weight excluding hydrogens is 206 g/mol. The first-order chi connectivity index (χ1) is 7.74. The zero-order chi connectivity index (χ0) is 11.1. The topological polar surface area (TPSA) is 52.4 Å². The number of fused-ring (bicyclic) bond motifs is 2. The molecule has 0 amide bonds. The molecule has 3 rings (SSSR count). The van der Waals surface area contributed by atoms with E-state index in [9.17, 15) is 10.1 Å². The number of aryl methyl sites for hydroxylation is 2. The number of hydrogen-bond donors (Lipinski definition) is 0. The zero-order valence-electron chi connectivity index (χ0n) is 8.94. The summed E-state index contributed by atoms with van der Waals surface area (Å²) in [5.41, 5.74) is 3.72. The van der Waals surface area contributed by atoms with Crippen molar-refractivity contribution in [1.82, 2.24) is 0 Å². The third-order valence-corrected chi connectivity index (χ3v) is 3.46. The van der Waals surface area contributed by atoms with Gasteiger partial charge < -0.3 is 4.74 Å². The van der Waals surface area contributed by atoms with Gasteiger partial charge in [0.15, 0.2) is 6.61 Å². The summed E-state index contributed by atoms with van der Waals surface area (Å²) >= 11 is 0. The van der Waals surface area contributed by atoms with Crippen LogP contribution >= 0.6 is 0 Å². The van der Waals surface area contributed by atoms with Crippen LogP contribution in [0.25, 0.3) is 0 Å². The van der Waals surface area contributed by atoms with Crippen molar-refractivity contribution in [3.8, 4) is 5.75 Å². The van der Waals surface area contributed by atoms with Crippen LogP contribution in [0.5, 0.6) is 5.75 Å². The van der Waals surface area contributed by atoms with E-state index in [2.05, 4.69) is 12.1 Å². The van der Waals surface area contributed by atoms with E-state index in [-0.39, 0.29) is 11.5 Å². The Morgan fingerprint density at radius 2 is 2.00 bits per heavy atom. The molecule has 1 aromatic rings. The first-order valence-corrected chi connectivity index (χ1v) is 5.65. The number of rotatable bonds is 1. The second-order valence-electron chi connectivity index (χ2n) is 4.54. The molecule has 0 saturated heterocycles. The molecule has 1 atom stereocenters. The lowest BCUT2D eigenvalue weighted by molar-refractivity contribution is -0.525. The molecule has 0 spiro atoms. The average molecular weight is 219 g/mol. The maximum atomic E-state index is 10.7. The van der Waals surface area contributed by atoms with Crippen LogP contribution in [0.3, 0.4) is 0 Å². The van der Waals surface area contributed by atoms with Crippen molar-refractivity contribution in [2.45, 2.75) is 31.7 Å². The Kier molecular flexibility index (Phi) is 2.09. The van der Waals surface area contributed by atoms with E-state index in [1.807, 2.05) is 0 Å². The molecule has 2 aliphatic rings. The summed E-state index contributed by atoms with van der Waals surface area (Å²) in [7, 11) is 0. The lowest BCUT2D eigenvalue weighted by Crippen LogP contribution is -2.33. The molecule has 1 aliphatic heterocycles. The predicted molar refractivity (Wildman–Crippen MR) is 58.4 cm³/mol. The molecule has 1 unspecified atom stereocenters. The summed E-state index contributed by atoms with van der Waals surface area (Å²) < 4.78 is 5.48. The molecular formula is C12H13NO3. The molecule has 1 heterocycles. The normalized spacial score (nSPS) is 22.1. The monoisotopic (exact) mass is 219 g/mol. The van der Waals surface area contributed by atoms with Gasteiger partial charge >= 0.3 is 0 Å². The van der Waals surface area contributed by atoms with Crippen molar-refractivity contribution in [1.29, 1.82) is 0 Å². The Morgan fingerprint density at radius 1 is 1.25 bits per heavy atom. The molecule has 0 N–H and O–H groups in total. The Balaban J connectivity index is 1.96. The maximum Gasteiger partial charge on any atom is 0.250 e. The van der Waals surface area contributed by atoms with E-state index < -0.39 is 6.04 Å².